The molecule has 0 aliphatic rings. The maximum atomic E-state index is 13.0. The first-order valence-electron chi connectivity index (χ1n) is 5.63. The highest BCUT2D eigenvalue weighted by atomic mass is 79.9. The Morgan fingerprint density at radius 2 is 2.11 bits per heavy atom. The highest BCUT2D eigenvalue weighted by molar-refractivity contribution is 9.10. The molecule has 0 aliphatic heterocycles. The number of pyridine rings is 1. The number of hydrogen-bond acceptors (Lipinski definition) is 3. The quantitative estimate of drug-likeness (QED) is 0.835. The molecule has 0 atom stereocenters. The van der Waals surface area contributed by atoms with Crippen molar-refractivity contribution in [3.05, 3.63) is 22.3 Å². The van der Waals surface area contributed by atoms with E-state index in [0.29, 0.717) is 0 Å². The van der Waals surface area contributed by atoms with E-state index in [2.05, 4.69) is 20.9 Å². The van der Waals surface area contributed by atoms with E-state index in [1.54, 1.807) is 13.8 Å². The van der Waals surface area contributed by atoms with Gasteiger partial charge in [0, 0.05) is 23.3 Å². The monoisotopic (exact) mass is 335 g/mol. The van der Waals surface area contributed by atoms with E-state index in [-0.39, 0.29) is 29.3 Å². The SMILES string of the molecule is CC(C)N(CCC#N)c1ncc(Br)cc1C(F)(F)F. The Morgan fingerprint density at radius 3 is 2.58 bits per heavy atom. The van der Waals surface area contributed by atoms with Crippen molar-refractivity contribution in [2.24, 2.45) is 0 Å². The molecule has 0 N–H and O–H groups in total. The van der Waals surface area contributed by atoms with Crippen LogP contribution in [0.1, 0.15) is 25.8 Å². The van der Waals surface area contributed by atoms with Crippen LogP contribution in [0.5, 0.6) is 0 Å². The number of halogens is 4. The van der Waals surface area contributed by atoms with Crippen molar-refractivity contribution in [3.63, 3.8) is 0 Å². The zero-order chi connectivity index (χ0) is 14.6. The first-order chi connectivity index (χ1) is 8.77. The van der Waals surface area contributed by atoms with Gasteiger partial charge in [-0.05, 0) is 35.8 Å². The van der Waals surface area contributed by atoms with E-state index in [9.17, 15) is 13.2 Å². The van der Waals surface area contributed by atoms with Gasteiger partial charge < -0.3 is 4.90 Å². The standard InChI is InChI=1S/C12H13BrF3N3/c1-8(2)19(5-3-4-17)11-10(12(14,15)16)6-9(13)7-18-11/h6-8H,3,5H2,1-2H3. The van der Waals surface area contributed by atoms with Crippen molar-refractivity contribution >= 4 is 21.7 Å². The van der Waals surface area contributed by atoms with E-state index >= 15 is 0 Å². The normalized spacial score (nSPS) is 11.5. The zero-order valence-corrected chi connectivity index (χ0v) is 12.1. The summed E-state index contributed by atoms with van der Waals surface area (Å²) in [5.41, 5.74) is -0.798. The molecule has 1 heterocycles. The summed E-state index contributed by atoms with van der Waals surface area (Å²) in [6.07, 6.45) is -3.01. The smallest absolute Gasteiger partial charge is 0.353 e. The topological polar surface area (TPSA) is 39.9 Å². The highest BCUT2D eigenvalue weighted by Crippen LogP contribution is 2.37. The summed E-state index contributed by atoms with van der Waals surface area (Å²) in [6, 6.07) is 2.76. The fraction of sp³-hybridized carbons (Fsp3) is 0.500. The summed E-state index contributed by atoms with van der Waals surface area (Å²) >= 11 is 2.99. The van der Waals surface area contributed by atoms with Crippen molar-refractivity contribution in [3.8, 4) is 6.07 Å². The summed E-state index contributed by atoms with van der Waals surface area (Å²) < 4.78 is 39.3. The number of aromatic nitrogens is 1. The van der Waals surface area contributed by atoms with Crippen molar-refractivity contribution < 1.29 is 13.2 Å². The molecule has 0 radical (unpaired) electrons. The predicted molar refractivity (Wildman–Crippen MR) is 69.7 cm³/mol. The van der Waals surface area contributed by atoms with Gasteiger partial charge in [0.25, 0.3) is 0 Å². The van der Waals surface area contributed by atoms with Gasteiger partial charge in [0.15, 0.2) is 0 Å². The summed E-state index contributed by atoms with van der Waals surface area (Å²) in [5.74, 6) is -0.138. The van der Waals surface area contributed by atoms with Crippen LogP contribution in [0, 0.1) is 11.3 Å². The largest absolute Gasteiger partial charge is 0.419 e. The Bertz CT molecular complexity index is 480. The maximum absolute atomic E-state index is 13.0. The molecule has 0 unspecified atom stereocenters. The molecule has 1 aromatic heterocycles. The van der Waals surface area contributed by atoms with Crippen molar-refractivity contribution in [2.45, 2.75) is 32.5 Å². The molecule has 104 valence electrons. The summed E-state index contributed by atoms with van der Waals surface area (Å²) in [7, 11) is 0. The van der Waals surface area contributed by atoms with Crippen LogP contribution in [0.3, 0.4) is 0 Å². The van der Waals surface area contributed by atoms with E-state index in [1.807, 2.05) is 6.07 Å². The van der Waals surface area contributed by atoms with Crippen LogP contribution < -0.4 is 4.90 Å². The summed E-state index contributed by atoms with van der Waals surface area (Å²) in [6.45, 7) is 3.74. The average molecular weight is 336 g/mol. The predicted octanol–water partition coefficient (Wildman–Crippen LogP) is 3.99. The average Bonchev–Trinajstić information content (AvgIpc) is 2.29. The van der Waals surface area contributed by atoms with Gasteiger partial charge in [-0.3, -0.25) is 0 Å². The van der Waals surface area contributed by atoms with E-state index in [1.165, 1.54) is 11.1 Å². The Labute approximate surface area is 118 Å². The van der Waals surface area contributed by atoms with E-state index < -0.39 is 11.7 Å². The van der Waals surface area contributed by atoms with E-state index in [0.717, 1.165) is 6.07 Å². The van der Waals surface area contributed by atoms with Gasteiger partial charge in [0.1, 0.15) is 5.82 Å². The van der Waals surface area contributed by atoms with Crippen molar-refractivity contribution in [1.82, 2.24) is 4.98 Å². The number of rotatable bonds is 4. The Morgan fingerprint density at radius 1 is 1.47 bits per heavy atom. The van der Waals surface area contributed by atoms with Crippen LogP contribution in [0.25, 0.3) is 0 Å². The molecule has 0 saturated carbocycles. The summed E-state index contributed by atoms with van der Waals surface area (Å²) in [4.78, 5) is 5.35. The van der Waals surface area contributed by atoms with Crippen LogP contribution >= 0.6 is 15.9 Å². The van der Waals surface area contributed by atoms with Gasteiger partial charge in [0.2, 0.25) is 0 Å². The fourth-order valence-corrected chi connectivity index (χ4v) is 1.98. The van der Waals surface area contributed by atoms with Crippen molar-refractivity contribution in [1.29, 1.82) is 5.26 Å². The Kier molecular flexibility index (Phi) is 5.18. The van der Waals surface area contributed by atoms with Gasteiger partial charge in [0.05, 0.1) is 18.1 Å². The van der Waals surface area contributed by atoms with Crippen molar-refractivity contribution in [2.75, 3.05) is 11.4 Å². The third-order valence-corrected chi connectivity index (χ3v) is 2.93. The lowest BCUT2D eigenvalue weighted by atomic mass is 10.2. The molecule has 7 heteroatoms. The van der Waals surface area contributed by atoms with Gasteiger partial charge >= 0.3 is 6.18 Å². The minimum atomic E-state index is -4.48. The molecule has 1 rings (SSSR count). The van der Waals surface area contributed by atoms with Gasteiger partial charge in [-0.15, -0.1) is 0 Å². The minimum absolute atomic E-state index is 0.138. The molecule has 0 aliphatic carbocycles. The Balaban J connectivity index is 3.26. The van der Waals surface area contributed by atoms with Crippen LogP contribution in [0.15, 0.2) is 16.7 Å². The first kappa shape index (κ1) is 15.8. The summed E-state index contributed by atoms with van der Waals surface area (Å²) in [5, 5.41) is 8.59. The van der Waals surface area contributed by atoms with Gasteiger partial charge in [-0.1, -0.05) is 0 Å². The number of hydrogen-bond donors (Lipinski definition) is 0. The Hall–Kier alpha value is -1.29. The van der Waals surface area contributed by atoms with Gasteiger partial charge in [-0.2, -0.15) is 18.4 Å². The molecular formula is C12H13BrF3N3. The number of nitriles is 1. The number of nitrogens with zero attached hydrogens (tertiary/aromatic N) is 3. The highest BCUT2D eigenvalue weighted by Gasteiger charge is 2.36. The fourth-order valence-electron chi connectivity index (χ4n) is 1.65. The molecule has 19 heavy (non-hydrogen) atoms. The molecule has 0 aromatic carbocycles. The lowest BCUT2D eigenvalue weighted by Crippen LogP contribution is -2.34. The molecular weight excluding hydrogens is 323 g/mol. The van der Waals surface area contributed by atoms with Crippen LogP contribution in [0.2, 0.25) is 0 Å². The molecule has 0 fully saturated rings. The van der Waals surface area contributed by atoms with Gasteiger partial charge in [-0.25, -0.2) is 4.98 Å². The van der Waals surface area contributed by atoms with Crippen LogP contribution in [-0.4, -0.2) is 17.6 Å². The first-order valence-corrected chi connectivity index (χ1v) is 6.43. The second kappa shape index (κ2) is 6.24. The molecule has 1 aromatic rings. The molecule has 0 saturated heterocycles. The van der Waals surface area contributed by atoms with E-state index in [4.69, 9.17) is 5.26 Å². The number of anilines is 1. The molecule has 0 spiro atoms. The zero-order valence-electron chi connectivity index (χ0n) is 10.5. The second-order valence-electron chi connectivity index (χ2n) is 4.22. The third kappa shape index (κ3) is 4.10. The third-order valence-electron chi connectivity index (χ3n) is 2.50. The minimum Gasteiger partial charge on any atom is -0.353 e. The van der Waals surface area contributed by atoms with Crippen LogP contribution in [-0.2, 0) is 6.18 Å². The number of alkyl halides is 3. The maximum Gasteiger partial charge on any atom is 0.419 e. The molecule has 0 amide bonds. The van der Waals surface area contributed by atoms with Crippen LogP contribution in [0.4, 0.5) is 19.0 Å². The molecule has 0 bridgehead atoms. The molecule has 3 nitrogen and oxygen atoms in total. The second-order valence-corrected chi connectivity index (χ2v) is 5.13. The lowest BCUT2D eigenvalue weighted by Gasteiger charge is -2.29. The lowest BCUT2D eigenvalue weighted by molar-refractivity contribution is -0.137.